The largest absolute Gasteiger partial charge is 0.458 e. The first-order valence-corrected chi connectivity index (χ1v) is 13.9. The molecule has 6 heterocycles. The molecule has 0 amide bonds. The van der Waals surface area contributed by atoms with Crippen LogP contribution in [-0.4, -0.2) is 86.8 Å². The second kappa shape index (κ2) is 6.04. The van der Waals surface area contributed by atoms with Crippen LogP contribution in [0.2, 0.25) is 0 Å². The molecule has 6 saturated heterocycles. The van der Waals surface area contributed by atoms with Gasteiger partial charge < -0.3 is 33.9 Å². The average Bonchev–Trinajstić information content (AvgIpc) is 3.52. The van der Waals surface area contributed by atoms with Gasteiger partial charge in [-0.3, -0.25) is 14.4 Å². The summed E-state index contributed by atoms with van der Waals surface area (Å²) in [7, 11) is 0. The van der Waals surface area contributed by atoms with Crippen molar-refractivity contribution in [1.29, 1.82) is 0 Å². The normalized spacial score (nSPS) is 64.7. The highest BCUT2D eigenvalue weighted by Gasteiger charge is 2.94. The lowest BCUT2D eigenvalue weighted by Crippen LogP contribution is -2.79. The molecule has 0 radical (unpaired) electrons. The van der Waals surface area contributed by atoms with Gasteiger partial charge in [0.1, 0.15) is 17.8 Å². The molecule has 39 heavy (non-hydrogen) atoms. The zero-order valence-corrected chi connectivity index (χ0v) is 21.8. The smallest absolute Gasteiger partial charge is 0.342 e. The van der Waals surface area contributed by atoms with Crippen LogP contribution >= 0.6 is 0 Å². The summed E-state index contributed by atoms with van der Waals surface area (Å²) in [5.74, 6) is -7.64. The summed E-state index contributed by atoms with van der Waals surface area (Å²) in [6.07, 6.45) is 0.918. The lowest BCUT2D eigenvalue weighted by atomic mass is 9.46. The molecule has 0 aromatic heterocycles. The maximum Gasteiger partial charge on any atom is 0.342 e. The van der Waals surface area contributed by atoms with Gasteiger partial charge in [0.2, 0.25) is 5.79 Å². The number of carbonyl (C=O) groups is 4. The number of ether oxygens (including phenoxy) is 5. The van der Waals surface area contributed by atoms with Crippen LogP contribution in [0, 0.1) is 34.5 Å². The summed E-state index contributed by atoms with van der Waals surface area (Å²) in [5.41, 5.74) is -9.28. The molecular weight excluding hydrogens is 512 g/mol. The van der Waals surface area contributed by atoms with Gasteiger partial charge in [-0.25, -0.2) is 4.79 Å². The van der Waals surface area contributed by atoms with Crippen molar-refractivity contribution in [3.63, 3.8) is 0 Å². The lowest BCUT2D eigenvalue weighted by Gasteiger charge is -2.63. The van der Waals surface area contributed by atoms with Gasteiger partial charge in [-0.2, -0.15) is 0 Å². The molecule has 2 N–H and O–H groups in total. The molecule has 2 saturated carbocycles. The third-order valence-electron chi connectivity index (χ3n) is 13.0. The van der Waals surface area contributed by atoms with E-state index in [1.807, 2.05) is 6.92 Å². The minimum Gasteiger partial charge on any atom is -0.458 e. The van der Waals surface area contributed by atoms with Crippen molar-refractivity contribution in [2.45, 2.75) is 93.0 Å². The van der Waals surface area contributed by atoms with Crippen LogP contribution in [0.25, 0.3) is 0 Å². The van der Waals surface area contributed by atoms with Crippen molar-refractivity contribution in [1.82, 2.24) is 0 Å². The molecule has 11 heteroatoms. The molecular formula is C28H30O11. The fourth-order valence-corrected chi connectivity index (χ4v) is 11.0. The Hall–Kier alpha value is -2.18. The molecule has 6 aliphatic heterocycles. The summed E-state index contributed by atoms with van der Waals surface area (Å²) in [6.45, 7) is 4.95. The number of esters is 2. The second-order valence-corrected chi connectivity index (χ2v) is 13.9. The molecule has 14 atom stereocenters. The Morgan fingerprint density at radius 2 is 1.85 bits per heavy atom. The van der Waals surface area contributed by atoms with Gasteiger partial charge >= 0.3 is 11.9 Å². The van der Waals surface area contributed by atoms with E-state index in [-0.39, 0.29) is 38.1 Å². The minimum atomic E-state index is -2.26. The van der Waals surface area contributed by atoms with E-state index in [1.165, 1.54) is 6.08 Å². The Labute approximate surface area is 223 Å². The van der Waals surface area contributed by atoms with Crippen LogP contribution in [0.15, 0.2) is 12.2 Å². The predicted octanol–water partition coefficient (Wildman–Crippen LogP) is -0.261. The molecule has 9 aliphatic rings. The minimum absolute atomic E-state index is 0.0472. The number of aliphatic hydroxyl groups excluding tert-OH is 1. The number of ketones is 2. The molecule has 0 aromatic carbocycles. The van der Waals surface area contributed by atoms with E-state index in [2.05, 4.69) is 0 Å². The molecule has 208 valence electrons. The third-order valence-corrected chi connectivity index (χ3v) is 13.0. The zero-order valence-electron chi connectivity index (χ0n) is 21.8. The molecule has 0 aromatic rings. The highest BCUT2D eigenvalue weighted by Crippen LogP contribution is 2.76. The second-order valence-electron chi connectivity index (χ2n) is 13.9. The summed E-state index contributed by atoms with van der Waals surface area (Å²) >= 11 is 0. The fourth-order valence-electron chi connectivity index (χ4n) is 11.0. The van der Waals surface area contributed by atoms with Crippen molar-refractivity contribution < 1.29 is 53.1 Å². The van der Waals surface area contributed by atoms with E-state index in [0.717, 1.165) is 0 Å². The monoisotopic (exact) mass is 542 g/mol. The van der Waals surface area contributed by atoms with Crippen molar-refractivity contribution in [3.8, 4) is 0 Å². The summed E-state index contributed by atoms with van der Waals surface area (Å²) in [6, 6.07) is 0. The number of rotatable bonds is 0. The fraction of sp³-hybridized carbons (Fsp3) is 0.786. The van der Waals surface area contributed by atoms with E-state index >= 15 is 0 Å². The van der Waals surface area contributed by atoms with Gasteiger partial charge in [0.05, 0.1) is 30.0 Å². The van der Waals surface area contributed by atoms with Crippen LogP contribution in [0.4, 0.5) is 0 Å². The Bertz CT molecular complexity index is 1370. The number of hydrogen-bond donors (Lipinski definition) is 2. The number of epoxide rings is 1. The van der Waals surface area contributed by atoms with Crippen LogP contribution in [-0.2, 0) is 42.9 Å². The first kappa shape index (κ1) is 23.5. The molecule has 11 nitrogen and oxygen atoms in total. The Balaban J connectivity index is 1.34. The SMILES string of the molecule is C[C@@]12C[C@H]3OC(=O)[C@@H]1CO[C@@]14O[C@@]5([C@@H]2C1=O)[C@@]3(C)OC(=O)[C@@]5(O)CC[C@H]1[C@H]4C[C@H](O)[C@@]23O[C@@H]2C=CC(=O)[C@]13C. The van der Waals surface area contributed by atoms with Crippen LogP contribution < -0.4 is 0 Å². The van der Waals surface area contributed by atoms with Crippen molar-refractivity contribution >= 4 is 23.5 Å². The van der Waals surface area contributed by atoms with Crippen molar-refractivity contribution in [2.24, 2.45) is 34.5 Å². The quantitative estimate of drug-likeness (QED) is 0.307. The standard InChI is InChI=1S/C28H30O11/c1-22-9-17-24(3)28-18(22)19(31)27(39-28,35-10-13(22)20(32)36-17)12-8-15(30)26-16(37-26)5-4-14(29)23(26,2)11(12)6-7-25(28,34)21(33)38-24/h4-5,11-13,15-18,30,34H,6-10H2,1-3H3/t11-,12+,13-,15-,16+,17+,18+,22+,23-,24-,25-,26+,27-,28-/m0/s1. The van der Waals surface area contributed by atoms with Crippen molar-refractivity contribution in [2.75, 3.05) is 6.61 Å². The molecule has 9 rings (SSSR count). The average molecular weight is 543 g/mol. The van der Waals surface area contributed by atoms with Gasteiger partial charge in [0, 0.05) is 5.92 Å². The van der Waals surface area contributed by atoms with Crippen LogP contribution in [0.3, 0.4) is 0 Å². The Kier molecular flexibility index (Phi) is 3.64. The Morgan fingerprint density at radius 1 is 1.08 bits per heavy atom. The summed E-state index contributed by atoms with van der Waals surface area (Å²) in [5, 5.41) is 24.0. The maximum absolute atomic E-state index is 14.9. The van der Waals surface area contributed by atoms with Crippen LogP contribution in [0.5, 0.6) is 0 Å². The van der Waals surface area contributed by atoms with Gasteiger partial charge in [0.25, 0.3) is 0 Å². The number of Topliss-reactive ketones (excluding diaryl/α,β-unsaturated/α-hetero) is 1. The molecule has 8 fully saturated rings. The predicted molar refractivity (Wildman–Crippen MR) is 123 cm³/mol. The molecule has 5 bridgehead atoms. The summed E-state index contributed by atoms with van der Waals surface area (Å²) < 4.78 is 31.1. The zero-order chi connectivity index (χ0) is 27.3. The van der Waals surface area contributed by atoms with Crippen LogP contribution in [0.1, 0.15) is 46.5 Å². The number of allylic oxidation sites excluding steroid dienone is 1. The Morgan fingerprint density at radius 3 is 2.62 bits per heavy atom. The van der Waals surface area contributed by atoms with Gasteiger partial charge in [0.15, 0.2) is 28.4 Å². The maximum atomic E-state index is 14.9. The van der Waals surface area contributed by atoms with Gasteiger partial charge in [-0.15, -0.1) is 0 Å². The van der Waals surface area contributed by atoms with Gasteiger partial charge in [-0.1, -0.05) is 6.92 Å². The highest BCUT2D eigenvalue weighted by atomic mass is 16.8. The van der Waals surface area contributed by atoms with E-state index in [0.29, 0.717) is 0 Å². The number of aliphatic hydroxyl groups is 2. The van der Waals surface area contributed by atoms with Gasteiger partial charge in [-0.05, 0) is 63.0 Å². The molecule has 0 unspecified atom stereocenters. The number of fused-ring (bicyclic) bond motifs is 4. The number of hydrogen-bond acceptors (Lipinski definition) is 11. The first-order chi connectivity index (χ1) is 18.3. The topological polar surface area (TPSA) is 158 Å². The highest BCUT2D eigenvalue weighted by molar-refractivity contribution is 6.01. The van der Waals surface area contributed by atoms with E-state index < -0.39 is 98.7 Å². The summed E-state index contributed by atoms with van der Waals surface area (Å²) in [4.78, 5) is 55.7. The van der Waals surface area contributed by atoms with E-state index in [4.69, 9.17) is 23.7 Å². The number of carbonyl (C=O) groups excluding carboxylic acids is 4. The molecule has 3 aliphatic carbocycles. The van der Waals surface area contributed by atoms with E-state index in [1.54, 1.807) is 19.9 Å². The first-order valence-electron chi connectivity index (χ1n) is 13.9. The van der Waals surface area contributed by atoms with Crippen molar-refractivity contribution in [3.05, 3.63) is 12.2 Å². The third kappa shape index (κ3) is 1.90. The lowest BCUT2D eigenvalue weighted by molar-refractivity contribution is -0.378. The van der Waals surface area contributed by atoms with E-state index in [9.17, 15) is 29.4 Å². The molecule has 3 spiro atoms.